The highest BCUT2D eigenvalue weighted by atomic mass is 16.6. The van der Waals surface area contributed by atoms with Crippen molar-refractivity contribution in [2.45, 2.75) is 6.92 Å². The molecule has 2 N–H and O–H groups in total. The molecule has 3 aromatic carbocycles. The van der Waals surface area contributed by atoms with Gasteiger partial charge in [0.25, 0.3) is 0 Å². The first kappa shape index (κ1) is 41.5. The van der Waals surface area contributed by atoms with Crippen LogP contribution >= 0.6 is 0 Å². The number of benzene rings is 4. The standard InChI is InChI=1S/C43H47N7O8/c1-28-45-47-42(48-46-28)29-6-11-33(12-7-29)57-23-22-56-21-20-55-19-18-54-17-16-44-27-38(51)30-8-13-34(37(24-30)43(52)53)41-35-14-9-31(49(2)3)25-39(35)58-40-26-32(50(4)5)10-15-36(40)41/h6-15,24-26,44H,16-23,27H2,1-5H3/p+1. The Morgan fingerprint density at radius 1 is 0.776 bits per heavy atom. The number of Topliss-reactive ketones (excluding diaryl/α,β-unsaturated/α-hetero) is 1. The van der Waals surface area contributed by atoms with Gasteiger partial charge in [0.05, 0.1) is 57.8 Å². The van der Waals surface area contributed by atoms with Crippen molar-refractivity contribution in [3.05, 3.63) is 101 Å². The van der Waals surface area contributed by atoms with Crippen LogP contribution in [0.5, 0.6) is 5.75 Å². The van der Waals surface area contributed by atoms with E-state index in [4.69, 9.17) is 23.4 Å². The number of rotatable bonds is 20. The van der Waals surface area contributed by atoms with E-state index in [0.717, 1.165) is 33.1 Å². The predicted octanol–water partition coefficient (Wildman–Crippen LogP) is 4.46. The van der Waals surface area contributed by atoms with Gasteiger partial charge >= 0.3 is 5.97 Å². The Labute approximate surface area is 336 Å². The molecule has 0 saturated carbocycles. The lowest BCUT2D eigenvalue weighted by Crippen LogP contribution is -2.27. The maximum absolute atomic E-state index is 13.2. The number of nitrogens with one attached hydrogen (secondary N) is 1. The molecule has 2 aliphatic rings. The van der Waals surface area contributed by atoms with Crippen molar-refractivity contribution in [3.63, 3.8) is 0 Å². The molecular formula is C43H48N7O8+. The molecule has 0 unspecified atom stereocenters. The third-order valence-electron chi connectivity index (χ3n) is 9.20. The van der Waals surface area contributed by atoms with Crippen LogP contribution in [0.3, 0.4) is 0 Å². The zero-order valence-corrected chi connectivity index (χ0v) is 33.4. The minimum Gasteiger partial charge on any atom is -0.491 e. The summed E-state index contributed by atoms with van der Waals surface area (Å²) in [7, 11) is 7.80. The number of carbonyl (C=O) groups excluding carboxylic acids is 1. The van der Waals surface area contributed by atoms with E-state index in [-0.39, 0.29) is 17.9 Å². The normalized spacial score (nSPS) is 11.3. The highest BCUT2D eigenvalue weighted by molar-refractivity contribution is 6.09. The van der Waals surface area contributed by atoms with Crippen LogP contribution in [-0.4, -0.2) is 125 Å². The molecule has 15 heteroatoms. The highest BCUT2D eigenvalue weighted by Crippen LogP contribution is 2.42. The molecule has 1 aliphatic carbocycles. The average Bonchev–Trinajstić information content (AvgIpc) is 3.22. The minimum absolute atomic E-state index is 0.0269. The summed E-state index contributed by atoms with van der Waals surface area (Å²) >= 11 is 0. The lowest BCUT2D eigenvalue weighted by molar-refractivity contribution is 0.00988. The van der Waals surface area contributed by atoms with Gasteiger partial charge in [-0.25, -0.2) is 9.37 Å². The maximum atomic E-state index is 13.2. The van der Waals surface area contributed by atoms with Crippen LogP contribution in [-0.2, 0) is 14.2 Å². The number of carboxylic acid groups (broad SMARTS) is 1. The number of anilines is 1. The summed E-state index contributed by atoms with van der Waals surface area (Å²) in [5.41, 5.74) is 4.69. The highest BCUT2D eigenvalue weighted by Gasteiger charge is 2.23. The Bertz CT molecular complexity index is 2380. The molecule has 1 aromatic heterocycles. The molecular weight excluding hydrogens is 743 g/mol. The fraction of sp³-hybridized carbons (Fsp3) is 0.326. The second-order valence-electron chi connectivity index (χ2n) is 13.8. The Hall–Kier alpha value is -6.13. The Morgan fingerprint density at radius 3 is 2.12 bits per heavy atom. The molecule has 0 amide bonds. The largest absolute Gasteiger partial charge is 0.491 e. The van der Waals surface area contributed by atoms with Crippen LogP contribution in [0.25, 0.3) is 44.8 Å². The van der Waals surface area contributed by atoms with Gasteiger partial charge < -0.3 is 38.7 Å². The smallest absolute Gasteiger partial charge is 0.336 e. The van der Waals surface area contributed by atoms with Gasteiger partial charge in [0.2, 0.25) is 11.2 Å². The third-order valence-corrected chi connectivity index (χ3v) is 9.20. The van der Waals surface area contributed by atoms with Crippen molar-refractivity contribution in [2.75, 3.05) is 92.4 Å². The van der Waals surface area contributed by atoms with Crippen LogP contribution in [0.2, 0.25) is 0 Å². The number of fused-ring (bicyclic) bond motifs is 2. The maximum Gasteiger partial charge on any atom is 0.336 e. The summed E-state index contributed by atoms with van der Waals surface area (Å²) in [4.78, 5) is 27.9. The minimum atomic E-state index is -1.13. The number of carbonyl (C=O) groups is 2. The van der Waals surface area contributed by atoms with Crippen LogP contribution in [0.1, 0.15) is 26.5 Å². The van der Waals surface area contributed by atoms with Crippen LogP contribution in [0, 0.1) is 6.92 Å². The van der Waals surface area contributed by atoms with Gasteiger partial charge in [-0.05, 0) is 61.0 Å². The molecule has 0 bridgehead atoms. The van der Waals surface area contributed by atoms with E-state index in [1.54, 1.807) is 19.1 Å². The number of nitrogens with zero attached hydrogens (tertiary/aromatic N) is 6. The Kier molecular flexibility index (Phi) is 14.2. The number of aromatic nitrogens is 4. The van der Waals surface area contributed by atoms with E-state index in [0.29, 0.717) is 92.7 Å². The monoisotopic (exact) mass is 790 g/mol. The summed E-state index contributed by atoms with van der Waals surface area (Å²) in [5.74, 6) is 0.938. The summed E-state index contributed by atoms with van der Waals surface area (Å²) in [5, 5.41) is 31.1. The van der Waals surface area contributed by atoms with Gasteiger partial charge in [-0.3, -0.25) is 4.79 Å². The van der Waals surface area contributed by atoms with Crippen LogP contribution in [0.15, 0.2) is 83.3 Å². The predicted molar refractivity (Wildman–Crippen MR) is 220 cm³/mol. The van der Waals surface area contributed by atoms with Crippen molar-refractivity contribution in [3.8, 4) is 39.6 Å². The number of ketones is 1. The summed E-state index contributed by atoms with van der Waals surface area (Å²) < 4.78 is 30.9. The van der Waals surface area contributed by atoms with E-state index >= 15 is 0 Å². The van der Waals surface area contributed by atoms with E-state index in [1.807, 2.05) is 98.3 Å². The molecule has 0 spiro atoms. The lowest BCUT2D eigenvalue weighted by atomic mass is 9.89. The van der Waals surface area contributed by atoms with Crippen LogP contribution < -0.4 is 24.9 Å². The summed E-state index contributed by atoms with van der Waals surface area (Å²) in [6.07, 6.45) is 0. The fourth-order valence-corrected chi connectivity index (χ4v) is 6.13. The first-order chi connectivity index (χ1) is 28.1. The summed E-state index contributed by atoms with van der Waals surface area (Å²) in [6.45, 7) is 5.01. The van der Waals surface area contributed by atoms with Gasteiger partial charge in [0, 0.05) is 66.1 Å². The third kappa shape index (κ3) is 10.6. The number of carboxylic acids is 1. The molecule has 0 fully saturated rings. The topological polar surface area (TPSA) is 174 Å². The Balaban J connectivity index is 0.921. The van der Waals surface area contributed by atoms with Gasteiger partial charge in [-0.1, -0.05) is 12.1 Å². The molecule has 58 heavy (non-hydrogen) atoms. The quantitative estimate of drug-likeness (QED) is 0.0480. The molecule has 0 saturated heterocycles. The molecule has 0 radical (unpaired) electrons. The van der Waals surface area contributed by atoms with E-state index in [2.05, 4.69) is 25.7 Å². The van der Waals surface area contributed by atoms with Crippen molar-refractivity contribution in [1.82, 2.24) is 30.3 Å². The van der Waals surface area contributed by atoms with Gasteiger partial charge in [-0.15, -0.1) is 20.4 Å². The van der Waals surface area contributed by atoms with Crippen LogP contribution in [0.4, 0.5) is 5.69 Å². The fourth-order valence-electron chi connectivity index (χ4n) is 6.13. The number of hydrogen-bond donors (Lipinski definition) is 2. The molecule has 0 atom stereocenters. The number of aromatic carboxylic acids is 1. The van der Waals surface area contributed by atoms with E-state index in [9.17, 15) is 14.7 Å². The van der Waals surface area contributed by atoms with Gasteiger partial charge in [0.15, 0.2) is 11.6 Å². The van der Waals surface area contributed by atoms with Crippen molar-refractivity contribution in [1.29, 1.82) is 0 Å². The molecule has 302 valence electrons. The molecule has 4 aromatic rings. The SMILES string of the molecule is Cc1nnc(-c2ccc(OCCOCCOCCOCCNCC(=O)c3ccc(-c4c5ccc(=[N+](C)C)cc-5oc5cc(N(C)C)ccc45)c(C(=O)O)c3)cc2)nn1. The van der Waals surface area contributed by atoms with Crippen molar-refractivity contribution >= 4 is 28.4 Å². The zero-order chi connectivity index (χ0) is 41.0. The van der Waals surface area contributed by atoms with Crippen molar-refractivity contribution < 1.29 is 38.1 Å². The number of aryl methyl sites for hydroxylation is 1. The summed E-state index contributed by atoms with van der Waals surface area (Å²) in [6, 6.07) is 23.9. The number of ether oxygens (including phenoxy) is 4. The first-order valence-corrected chi connectivity index (χ1v) is 18.9. The van der Waals surface area contributed by atoms with E-state index in [1.165, 1.54) is 6.07 Å². The second-order valence-corrected chi connectivity index (χ2v) is 13.8. The van der Waals surface area contributed by atoms with Gasteiger partial charge in [0.1, 0.15) is 37.8 Å². The molecule has 6 rings (SSSR count). The lowest BCUT2D eigenvalue weighted by Gasteiger charge is -2.19. The second kappa shape index (κ2) is 19.8. The molecule has 15 nitrogen and oxygen atoms in total. The first-order valence-electron chi connectivity index (χ1n) is 18.9. The number of hydrogen-bond acceptors (Lipinski definition) is 13. The molecule has 2 heterocycles. The average molecular weight is 791 g/mol. The zero-order valence-electron chi connectivity index (χ0n) is 33.4. The van der Waals surface area contributed by atoms with Crippen molar-refractivity contribution in [2.24, 2.45) is 0 Å². The van der Waals surface area contributed by atoms with Gasteiger partial charge in [-0.2, -0.15) is 0 Å². The van der Waals surface area contributed by atoms with E-state index < -0.39 is 5.97 Å². The Morgan fingerprint density at radius 2 is 1.45 bits per heavy atom. The molecule has 1 aliphatic heterocycles.